The second-order valence-corrected chi connectivity index (χ2v) is 4.56. The Morgan fingerprint density at radius 2 is 1.93 bits per heavy atom. The molecule has 3 heteroatoms. The zero-order chi connectivity index (χ0) is 10.1. The lowest BCUT2D eigenvalue weighted by Gasteiger charge is -2.00. The van der Waals surface area contributed by atoms with Crippen molar-refractivity contribution in [2.75, 3.05) is 0 Å². The third kappa shape index (κ3) is 1.51. The van der Waals surface area contributed by atoms with Gasteiger partial charge >= 0.3 is 0 Å². The van der Waals surface area contributed by atoms with E-state index in [1.54, 1.807) is 17.4 Å². The van der Waals surface area contributed by atoms with E-state index < -0.39 is 0 Å². The molecule has 0 unspecified atom stereocenters. The second-order valence-electron chi connectivity index (χ2n) is 3.15. The maximum atomic E-state index is 9.66. The molecule has 1 heterocycles. The Morgan fingerprint density at radius 1 is 1.21 bits per heavy atom. The fourth-order valence-electron chi connectivity index (χ4n) is 1.45. The van der Waals surface area contributed by atoms with Crippen LogP contribution in [0.1, 0.15) is 9.88 Å². The van der Waals surface area contributed by atoms with Crippen LogP contribution in [0.2, 0.25) is 0 Å². The van der Waals surface area contributed by atoms with Gasteiger partial charge in [0.2, 0.25) is 0 Å². The van der Waals surface area contributed by atoms with Crippen LogP contribution in [0.5, 0.6) is 5.75 Å². The minimum absolute atomic E-state index is 0.293. The van der Waals surface area contributed by atoms with E-state index >= 15 is 0 Å². The molecule has 2 rings (SSSR count). The van der Waals surface area contributed by atoms with Crippen molar-refractivity contribution in [2.45, 2.75) is 13.8 Å². The lowest BCUT2D eigenvalue weighted by atomic mass is 10.1. The monoisotopic (exact) mass is 205 g/mol. The number of aromatic hydroxyl groups is 1. The van der Waals surface area contributed by atoms with Crippen molar-refractivity contribution < 1.29 is 5.11 Å². The highest BCUT2D eigenvalue weighted by Crippen LogP contribution is 2.32. The molecule has 0 amide bonds. The fourth-order valence-corrected chi connectivity index (χ4v) is 2.28. The van der Waals surface area contributed by atoms with Gasteiger partial charge in [0.1, 0.15) is 5.75 Å². The van der Waals surface area contributed by atoms with E-state index in [1.165, 1.54) is 0 Å². The number of hydrogen-bond acceptors (Lipinski definition) is 3. The van der Waals surface area contributed by atoms with Gasteiger partial charge in [-0.25, -0.2) is 4.98 Å². The summed E-state index contributed by atoms with van der Waals surface area (Å²) in [7, 11) is 0. The zero-order valence-corrected chi connectivity index (χ0v) is 8.93. The van der Waals surface area contributed by atoms with Gasteiger partial charge in [0, 0.05) is 10.4 Å². The van der Waals surface area contributed by atoms with Gasteiger partial charge in [0.05, 0.1) is 10.7 Å². The molecule has 0 fully saturated rings. The third-order valence-corrected chi connectivity index (χ3v) is 2.95. The van der Waals surface area contributed by atoms with Crippen molar-refractivity contribution in [3.05, 3.63) is 34.2 Å². The smallest absolute Gasteiger partial charge is 0.125 e. The van der Waals surface area contributed by atoms with Crippen LogP contribution in [0.3, 0.4) is 0 Å². The van der Waals surface area contributed by atoms with Crippen molar-refractivity contribution in [3.8, 4) is 17.0 Å². The Labute approximate surface area is 86.9 Å². The molecule has 0 aliphatic rings. The third-order valence-electron chi connectivity index (χ3n) is 2.06. The molecule has 2 aromatic rings. The summed E-state index contributed by atoms with van der Waals surface area (Å²) in [5.74, 6) is 0.293. The van der Waals surface area contributed by atoms with Crippen LogP contribution in [0, 0.1) is 13.8 Å². The van der Waals surface area contributed by atoms with E-state index in [2.05, 4.69) is 4.98 Å². The van der Waals surface area contributed by atoms with Gasteiger partial charge in [-0.05, 0) is 26.0 Å². The van der Waals surface area contributed by atoms with E-state index in [0.29, 0.717) is 5.75 Å². The quantitative estimate of drug-likeness (QED) is 0.775. The summed E-state index contributed by atoms with van der Waals surface area (Å²) in [6.45, 7) is 3.99. The second kappa shape index (κ2) is 3.42. The predicted molar refractivity (Wildman–Crippen MR) is 58.7 cm³/mol. The highest BCUT2D eigenvalue weighted by molar-refractivity contribution is 7.11. The summed E-state index contributed by atoms with van der Waals surface area (Å²) >= 11 is 1.65. The lowest BCUT2D eigenvalue weighted by Crippen LogP contribution is -1.81. The van der Waals surface area contributed by atoms with Crippen molar-refractivity contribution in [1.82, 2.24) is 4.98 Å². The number of aryl methyl sites for hydroxylation is 2. The molecule has 1 aromatic carbocycles. The number of aromatic nitrogens is 1. The first-order chi connectivity index (χ1) is 6.68. The average Bonchev–Trinajstić information content (AvgIpc) is 2.46. The normalized spacial score (nSPS) is 10.4. The van der Waals surface area contributed by atoms with Gasteiger partial charge < -0.3 is 5.11 Å². The van der Waals surface area contributed by atoms with Crippen LogP contribution < -0.4 is 0 Å². The van der Waals surface area contributed by atoms with Gasteiger partial charge in [-0.2, -0.15) is 0 Å². The standard InChI is InChI=1S/C11H11NOS/c1-7-11(12-8(2)14-7)9-5-3-4-6-10(9)13/h3-6,13H,1-2H3. The number of phenols is 1. The van der Waals surface area contributed by atoms with Crippen molar-refractivity contribution in [3.63, 3.8) is 0 Å². The molecule has 0 bridgehead atoms. The van der Waals surface area contributed by atoms with Crippen LogP contribution >= 0.6 is 11.3 Å². The average molecular weight is 205 g/mol. The first-order valence-electron chi connectivity index (χ1n) is 4.41. The topological polar surface area (TPSA) is 33.1 Å². The lowest BCUT2D eigenvalue weighted by molar-refractivity contribution is 0.477. The minimum atomic E-state index is 0.293. The number of hydrogen-bond donors (Lipinski definition) is 1. The van der Waals surface area contributed by atoms with Crippen molar-refractivity contribution >= 4 is 11.3 Å². The molecule has 0 atom stereocenters. The SMILES string of the molecule is Cc1nc(-c2ccccc2O)c(C)s1. The van der Waals surface area contributed by atoms with Gasteiger partial charge in [-0.3, -0.25) is 0 Å². The molecule has 0 saturated carbocycles. The van der Waals surface area contributed by atoms with Crippen molar-refractivity contribution in [2.24, 2.45) is 0 Å². The molecule has 0 spiro atoms. The molecular weight excluding hydrogens is 194 g/mol. The Morgan fingerprint density at radius 3 is 2.50 bits per heavy atom. The maximum Gasteiger partial charge on any atom is 0.125 e. The summed E-state index contributed by atoms with van der Waals surface area (Å²) in [4.78, 5) is 5.54. The summed E-state index contributed by atoms with van der Waals surface area (Å²) in [5.41, 5.74) is 1.71. The zero-order valence-electron chi connectivity index (χ0n) is 8.11. The van der Waals surface area contributed by atoms with Gasteiger partial charge in [-0.1, -0.05) is 12.1 Å². The molecule has 1 N–H and O–H groups in total. The highest BCUT2D eigenvalue weighted by atomic mass is 32.1. The van der Waals surface area contributed by atoms with Crippen LogP contribution in [0.4, 0.5) is 0 Å². The van der Waals surface area contributed by atoms with Crippen LogP contribution in [-0.2, 0) is 0 Å². The number of benzene rings is 1. The summed E-state index contributed by atoms with van der Waals surface area (Å²) in [6.07, 6.45) is 0. The minimum Gasteiger partial charge on any atom is -0.507 e. The van der Waals surface area contributed by atoms with E-state index in [-0.39, 0.29) is 0 Å². The molecular formula is C11H11NOS. The maximum absolute atomic E-state index is 9.66. The molecule has 72 valence electrons. The Bertz CT molecular complexity index is 462. The Hall–Kier alpha value is -1.35. The van der Waals surface area contributed by atoms with E-state index in [1.807, 2.05) is 32.0 Å². The highest BCUT2D eigenvalue weighted by Gasteiger charge is 2.10. The first-order valence-corrected chi connectivity index (χ1v) is 5.22. The van der Waals surface area contributed by atoms with Crippen LogP contribution in [0.25, 0.3) is 11.3 Å². The molecule has 0 aliphatic heterocycles. The molecule has 0 saturated heterocycles. The van der Waals surface area contributed by atoms with E-state index in [0.717, 1.165) is 21.1 Å². The molecule has 0 aliphatic carbocycles. The van der Waals surface area contributed by atoms with E-state index in [9.17, 15) is 5.11 Å². The molecule has 14 heavy (non-hydrogen) atoms. The van der Waals surface area contributed by atoms with Crippen LogP contribution in [0.15, 0.2) is 24.3 Å². The Kier molecular flexibility index (Phi) is 2.25. The van der Waals surface area contributed by atoms with E-state index in [4.69, 9.17) is 0 Å². The van der Waals surface area contributed by atoms with Gasteiger partial charge in [-0.15, -0.1) is 11.3 Å². The number of phenolic OH excluding ortho intramolecular Hbond substituents is 1. The fraction of sp³-hybridized carbons (Fsp3) is 0.182. The summed E-state index contributed by atoms with van der Waals surface area (Å²) in [6, 6.07) is 7.29. The van der Waals surface area contributed by atoms with Crippen LogP contribution in [-0.4, -0.2) is 10.1 Å². The summed E-state index contributed by atoms with van der Waals surface area (Å²) < 4.78 is 0. The number of rotatable bonds is 1. The predicted octanol–water partition coefficient (Wildman–Crippen LogP) is 3.13. The number of nitrogens with zero attached hydrogens (tertiary/aromatic N) is 1. The number of para-hydroxylation sites is 1. The molecule has 2 nitrogen and oxygen atoms in total. The van der Waals surface area contributed by atoms with Crippen molar-refractivity contribution in [1.29, 1.82) is 0 Å². The first kappa shape index (κ1) is 9.21. The summed E-state index contributed by atoms with van der Waals surface area (Å²) in [5, 5.41) is 10.7. The molecule has 1 aromatic heterocycles. The Balaban J connectivity index is 2.60. The molecule has 0 radical (unpaired) electrons. The van der Waals surface area contributed by atoms with Gasteiger partial charge in [0.25, 0.3) is 0 Å². The van der Waals surface area contributed by atoms with Gasteiger partial charge in [0.15, 0.2) is 0 Å². The largest absolute Gasteiger partial charge is 0.507 e. The number of thiazole rings is 1.